The molecule has 1 aromatic heterocycles. The van der Waals surface area contributed by atoms with Crippen LogP contribution in [0.4, 0.5) is 0 Å². The van der Waals surface area contributed by atoms with E-state index in [9.17, 15) is 4.79 Å². The number of aryl methyl sites for hydroxylation is 1. The van der Waals surface area contributed by atoms with Crippen molar-refractivity contribution in [3.05, 3.63) is 65.5 Å². The number of piperidine rings is 3. The summed E-state index contributed by atoms with van der Waals surface area (Å²) >= 11 is 0. The minimum atomic E-state index is 0.207. The van der Waals surface area contributed by atoms with Gasteiger partial charge in [-0.2, -0.15) is 0 Å². The SMILES string of the molecule is Cc1ccccc1C(=O)N1CC(c2cccnc2)C2C1C1CCN2CC1. The maximum Gasteiger partial charge on any atom is 0.254 e. The van der Waals surface area contributed by atoms with E-state index in [1.54, 1.807) is 0 Å². The molecule has 1 aromatic carbocycles. The molecule has 4 heteroatoms. The number of fused-ring (bicyclic) bond motifs is 2. The Morgan fingerprint density at radius 1 is 1.08 bits per heavy atom. The van der Waals surface area contributed by atoms with Crippen molar-refractivity contribution in [1.29, 1.82) is 0 Å². The number of carbonyl (C=O) groups is 1. The van der Waals surface area contributed by atoms with E-state index in [0.717, 1.165) is 17.7 Å². The zero-order valence-corrected chi connectivity index (χ0v) is 15.2. The van der Waals surface area contributed by atoms with Crippen molar-refractivity contribution < 1.29 is 4.79 Å². The van der Waals surface area contributed by atoms with Crippen LogP contribution in [0.3, 0.4) is 0 Å². The Bertz CT molecular complexity index is 813. The van der Waals surface area contributed by atoms with Gasteiger partial charge in [0.05, 0.1) is 6.04 Å². The smallest absolute Gasteiger partial charge is 0.254 e. The molecule has 6 rings (SSSR count). The highest BCUT2D eigenvalue weighted by atomic mass is 16.2. The van der Waals surface area contributed by atoms with Crippen LogP contribution in [0.5, 0.6) is 0 Å². The Hall–Kier alpha value is -2.20. The van der Waals surface area contributed by atoms with Gasteiger partial charge in [0.25, 0.3) is 5.91 Å². The van der Waals surface area contributed by atoms with Gasteiger partial charge in [0.2, 0.25) is 0 Å². The average molecular weight is 347 g/mol. The molecule has 134 valence electrons. The van der Waals surface area contributed by atoms with Crippen molar-refractivity contribution in [3.8, 4) is 0 Å². The number of pyridine rings is 1. The summed E-state index contributed by atoms with van der Waals surface area (Å²) < 4.78 is 0. The van der Waals surface area contributed by atoms with Crippen molar-refractivity contribution in [2.45, 2.75) is 37.8 Å². The predicted octanol–water partition coefficient (Wildman–Crippen LogP) is 3.09. The molecular weight excluding hydrogens is 322 g/mol. The molecule has 4 saturated heterocycles. The summed E-state index contributed by atoms with van der Waals surface area (Å²) in [6, 6.07) is 13.0. The number of hydrogen-bond donors (Lipinski definition) is 0. The lowest BCUT2D eigenvalue weighted by molar-refractivity contribution is -0.00344. The molecular formula is C22H25N3O. The third kappa shape index (κ3) is 2.39. The van der Waals surface area contributed by atoms with Crippen LogP contribution in [0.15, 0.2) is 48.8 Å². The summed E-state index contributed by atoms with van der Waals surface area (Å²) in [6.45, 7) is 5.20. The quantitative estimate of drug-likeness (QED) is 0.838. The number of amides is 1. The third-order valence-corrected chi connectivity index (χ3v) is 6.74. The molecule has 0 N–H and O–H groups in total. The predicted molar refractivity (Wildman–Crippen MR) is 101 cm³/mol. The summed E-state index contributed by atoms with van der Waals surface area (Å²) in [4.78, 5) is 22.6. The maximum atomic E-state index is 13.5. The number of likely N-dealkylation sites (tertiary alicyclic amines) is 1. The van der Waals surface area contributed by atoms with Crippen molar-refractivity contribution in [2.24, 2.45) is 5.92 Å². The second kappa shape index (κ2) is 6.20. The van der Waals surface area contributed by atoms with E-state index in [1.807, 2.05) is 49.6 Å². The van der Waals surface area contributed by atoms with E-state index < -0.39 is 0 Å². The van der Waals surface area contributed by atoms with Gasteiger partial charge in [0, 0.05) is 36.5 Å². The van der Waals surface area contributed by atoms with Crippen LogP contribution < -0.4 is 0 Å². The van der Waals surface area contributed by atoms with Gasteiger partial charge >= 0.3 is 0 Å². The van der Waals surface area contributed by atoms with Crippen LogP contribution in [0.25, 0.3) is 0 Å². The third-order valence-electron chi connectivity index (χ3n) is 6.74. The number of rotatable bonds is 2. The first-order chi connectivity index (χ1) is 12.7. The van der Waals surface area contributed by atoms with E-state index in [2.05, 4.69) is 20.9 Å². The van der Waals surface area contributed by atoms with Crippen molar-refractivity contribution in [1.82, 2.24) is 14.8 Å². The molecule has 1 amide bonds. The van der Waals surface area contributed by atoms with Crippen LogP contribution in [0, 0.1) is 12.8 Å². The molecule has 0 aliphatic carbocycles. The van der Waals surface area contributed by atoms with Crippen molar-refractivity contribution >= 4 is 5.91 Å². The first kappa shape index (κ1) is 16.0. The lowest BCUT2D eigenvalue weighted by Crippen LogP contribution is -2.60. The highest BCUT2D eigenvalue weighted by Gasteiger charge is 2.54. The second-order valence-electron chi connectivity index (χ2n) is 8.02. The number of nitrogens with zero attached hydrogens (tertiary/aromatic N) is 3. The zero-order valence-electron chi connectivity index (χ0n) is 15.2. The molecule has 0 radical (unpaired) electrons. The molecule has 3 atom stereocenters. The molecule has 4 nitrogen and oxygen atoms in total. The van der Waals surface area contributed by atoms with E-state index in [0.29, 0.717) is 23.9 Å². The molecule has 4 aliphatic heterocycles. The minimum absolute atomic E-state index is 0.207. The van der Waals surface area contributed by atoms with Gasteiger partial charge in [-0.25, -0.2) is 0 Å². The van der Waals surface area contributed by atoms with Gasteiger partial charge in [-0.1, -0.05) is 24.3 Å². The molecule has 5 heterocycles. The molecule has 4 aliphatic rings. The fraction of sp³-hybridized carbons (Fsp3) is 0.455. The fourth-order valence-electron chi connectivity index (χ4n) is 5.51. The number of carbonyl (C=O) groups excluding carboxylic acids is 1. The van der Waals surface area contributed by atoms with Crippen LogP contribution in [-0.4, -0.2) is 52.4 Å². The maximum absolute atomic E-state index is 13.5. The normalized spacial score (nSPS) is 32.5. The van der Waals surface area contributed by atoms with Gasteiger partial charge in [-0.15, -0.1) is 0 Å². The van der Waals surface area contributed by atoms with Crippen LogP contribution in [0.1, 0.15) is 40.2 Å². The Labute approximate surface area is 154 Å². The van der Waals surface area contributed by atoms with Crippen molar-refractivity contribution in [2.75, 3.05) is 19.6 Å². The Kier molecular flexibility index (Phi) is 3.82. The summed E-state index contributed by atoms with van der Waals surface area (Å²) in [5.41, 5.74) is 3.20. The molecule has 3 unspecified atom stereocenters. The van der Waals surface area contributed by atoms with E-state index >= 15 is 0 Å². The van der Waals surface area contributed by atoms with Crippen LogP contribution >= 0.6 is 0 Å². The standard InChI is InChI=1S/C22H25N3O/c1-15-5-2-3-7-18(15)22(26)25-14-19(17-6-4-10-23-13-17)21-20(25)16-8-11-24(21)12-9-16/h2-7,10,13,16,19-21H,8-9,11-12,14H2,1H3. The van der Waals surface area contributed by atoms with Gasteiger partial charge in [0.15, 0.2) is 0 Å². The van der Waals surface area contributed by atoms with E-state index in [-0.39, 0.29) is 5.91 Å². The van der Waals surface area contributed by atoms with Gasteiger partial charge in [-0.3, -0.25) is 14.7 Å². The number of aromatic nitrogens is 1. The molecule has 2 bridgehead atoms. The molecule has 0 spiro atoms. The van der Waals surface area contributed by atoms with Crippen LogP contribution in [-0.2, 0) is 0 Å². The lowest BCUT2D eigenvalue weighted by atomic mass is 9.75. The van der Waals surface area contributed by atoms with E-state index in [4.69, 9.17) is 0 Å². The van der Waals surface area contributed by atoms with Crippen LogP contribution in [0.2, 0.25) is 0 Å². The first-order valence-electron chi connectivity index (χ1n) is 9.74. The summed E-state index contributed by atoms with van der Waals surface area (Å²) in [7, 11) is 0. The highest BCUT2D eigenvalue weighted by molar-refractivity contribution is 5.96. The number of benzene rings is 1. The second-order valence-corrected chi connectivity index (χ2v) is 8.02. The highest BCUT2D eigenvalue weighted by Crippen LogP contribution is 2.46. The summed E-state index contributed by atoms with van der Waals surface area (Å²) in [5.74, 6) is 1.21. The fourth-order valence-corrected chi connectivity index (χ4v) is 5.51. The van der Waals surface area contributed by atoms with Crippen molar-refractivity contribution in [3.63, 3.8) is 0 Å². The Morgan fingerprint density at radius 3 is 2.62 bits per heavy atom. The van der Waals surface area contributed by atoms with E-state index in [1.165, 1.54) is 31.5 Å². The lowest BCUT2D eigenvalue weighted by Gasteiger charge is -2.51. The first-order valence-corrected chi connectivity index (χ1v) is 9.74. The van der Waals surface area contributed by atoms with Gasteiger partial charge in [-0.05, 0) is 62.0 Å². The average Bonchev–Trinajstić information content (AvgIpc) is 3.12. The minimum Gasteiger partial charge on any atom is -0.333 e. The monoisotopic (exact) mass is 347 g/mol. The Balaban J connectivity index is 1.54. The molecule has 2 aromatic rings. The van der Waals surface area contributed by atoms with Gasteiger partial charge in [0.1, 0.15) is 0 Å². The summed E-state index contributed by atoms with van der Waals surface area (Å²) in [5, 5.41) is 0. The van der Waals surface area contributed by atoms with Gasteiger partial charge < -0.3 is 4.90 Å². The zero-order chi connectivity index (χ0) is 17.7. The molecule has 26 heavy (non-hydrogen) atoms. The topological polar surface area (TPSA) is 36.4 Å². The number of hydrogen-bond acceptors (Lipinski definition) is 3. The Morgan fingerprint density at radius 2 is 1.88 bits per heavy atom. The molecule has 0 saturated carbocycles. The summed E-state index contributed by atoms with van der Waals surface area (Å²) in [6.07, 6.45) is 6.27. The largest absolute Gasteiger partial charge is 0.333 e. The molecule has 4 fully saturated rings.